The molecule has 1 unspecified atom stereocenters. The fraction of sp³-hybridized carbons (Fsp3) is 0.364. The molecule has 1 saturated heterocycles. The zero-order valence-electron chi connectivity index (χ0n) is 17.7. The average molecular weight is 444 g/mol. The van der Waals surface area contributed by atoms with Crippen molar-refractivity contribution in [1.82, 2.24) is 14.3 Å². The van der Waals surface area contributed by atoms with Gasteiger partial charge in [-0.15, -0.1) is 0 Å². The highest BCUT2D eigenvalue weighted by atomic mass is 32.2. The fourth-order valence-corrected chi connectivity index (χ4v) is 5.69. The second-order valence-electron chi connectivity index (χ2n) is 7.70. The van der Waals surface area contributed by atoms with Crippen LogP contribution in [0, 0.1) is 6.92 Å². The second-order valence-corrected chi connectivity index (χ2v) is 9.61. The minimum atomic E-state index is -3.89. The van der Waals surface area contributed by atoms with Crippen LogP contribution in [0.25, 0.3) is 11.0 Å². The zero-order chi connectivity index (χ0) is 22.2. The number of esters is 1. The highest BCUT2D eigenvalue weighted by molar-refractivity contribution is 7.89. The molecule has 1 aliphatic rings. The van der Waals surface area contributed by atoms with Gasteiger partial charge in [0.1, 0.15) is 16.5 Å². The van der Waals surface area contributed by atoms with E-state index in [1.807, 2.05) is 25.1 Å². The van der Waals surface area contributed by atoms with Gasteiger partial charge in [0, 0.05) is 19.0 Å². The number of H-pyrrole nitrogens is 1. The first kappa shape index (κ1) is 21.3. The number of nitrogens with zero attached hydrogens (tertiary/aromatic N) is 2. The maximum absolute atomic E-state index is 13.5. The van der Waals surface area contributed by atoms with E-state index in [0.717, 1.165) is 28.8 Å². The fourth-order valence-electron chi connectivity index (χ4n) is 3.98. The van der Waals surface area contributed by atoms with E-state index < -0.39 is 16.0 Å². The largest absolute Gasteiger partial charge is 0.495 e. The molecule has 0 bridgehead atoms. The summed E-state index contributed by atoms with van der Waals surface area (Å²) in [5.74, 6) is 0.323. The third-order valence-electron chi connectivity index (χ3n) is 5.63. The number of imidazole rings is 1. The maximum atomic E-state index is 13.5. The number of rotatable bonds is 5. The number of sulfonamides is 1. The number of hydrogen-bond acceptors (Lipinski definition) is 6. The highest BCUT2D eigenvalue weighted by Gasteiger charge is 2.34. The third kappa shape index (κ3) is 4.03. The van der Waals surface area contributed by atoms with Crippen molar-refractivity contribution < 1.29 is 22.7 Å². The number of aryl methyl sites for hydroxylation is 1. The Morgan fingerprint density at radius 1 is 1.19 bits per heavy atom. The summed E-state index contributed by atoms with van der Waals surface area (Å²) >= 11 is 0. The van der Waals surface area contributed by atoms with Crippen molar-refractivity contribution >= 4 is 27.0 Å². The Bertz CT molecular complexity index is 1240. The van der Waals surface area contributed by atoms with Gasteiger partial charge in [0.2, 0.25) is 10.0 Å². The molecule has 1 aromatic heterocycles. The summed E-state index contributed by atoms with van der Waals surface area (Å²) in [5, 5.41) is 0. The van der Waals surface area contributed by atoms with E-state index >= 15 is 0 Å². The lowest BCUT2D eigenvalue weighted by molar-refractivity contribution is 0.0600. The number of carbonyl (C=O) groups excluding carboxylic acids is 1. The molecule has 4 rings (SSSR count). The molecule has 0 radical (unpaired) electrons. The Labute approximate surface area is 181 Å². The number of hydrogen-bond donors (Lipinski definition) is 1. The normalized spacial score (nSPS) is 17.6. The molecule has 1 aliphatic heterocycles. The van der Waals surface area contributed by atoms with Gasteiger partial charge in [0.15, 0.2) is 0 Å². The van der Waals surface area contributed by atoms with Gasteiger partial charge in [0.05, 0.1) is 30.8 Å². The first-order valence-corrected chi connectivity index (χ1v) is 11.5. The molecular formula is C22H25N3O5S. The van der Waals surface area contributed by atoms with Crippen LogP contribution in [0.1, 0.15) is 40.5 Å². The number of nitrogens with one attached hydrogen (secondary N) is 1. The number of carbonyl (C=O) groups is 1. The number of piperidine rings is 1. The first-order valence-electron chi connectivity index (χ1n) is 10.1. The number of aromatic nitrogens is 2. The van der Waals surface area contributed by atoms with Crippen LogP contribution in [0.3, 0.4) is 0 Å². The Morgan fingerprint density at radius 2 is 2.00 bits per heavy atom. The van der Waals surface area contributed by atoms with Crippen LogP contribution in [0.15, 0.2) is 41.3 Å². The lowest BCUT2D eigenvalue weighted by Gasteiger charge is -2.31. The summed E-state index contributed by atoms with van der Waals surface area (Å²) in [4.78, 5) is 19.9. The van der Waals surface area contributed by atoms with Crippen LogP contribution in [0.4, 0.5) is 0 Å². The molecule has 0 spiro atoms. The van der Waals surface area contributed by atoms with Crippen LogP contribution in [-0.4, -0.2) is 56.0 Å². The van der Waals surface area contributed by atoms with Gasteiger partial charge < -0.3 is 14.5 Å². The van der Waals surface area contributed by atoms with Gasteiger partial charge >= 0.3 is 5.97 Å². The van der Waals surface area contributed by atoms with Crippen molar-refractivity contribution in [1.29, 1.82) is 0 Å². The number of ether oxygens (including phenoxy) is 2. The van der Waals surface area contributed by atoms with E-state index in [1.54, 1.807) is 0 Å². The molecule has 3 aromatic rings. The first-order chi connectivity index (χ1) is 14.8. The van der Waals surface area contributed by atoms with Crippen LogP contribution in [0.2, 0.25) is 0 Å². The van der Waals surface area contributed by atoms with Gasteiger partial charge in [-0.2, -0.15) is 4.31 Å². The lowest BCUT2D eigenvalue weighted by Crippen LogP contribution is -2.39. The molecule has 2 aromatic carbocycles. The lowest BCUT2D eigenvalue weighted by atomic mass is 9.99. The van der Waals surface area contributed by atoms with Crippen LogP contribution in [0.5, 0.6) is 5.75 Å². The monoisotopic (exact) mass is 443 g/mol. The Morgan fingerprint density at radius 3 is 2.74 bits per heavy atom. The van der Waals surface area contributed by atoms with Crippen molar-refractivity contribution in [3.63, 3.8) is 0 Å². The predicted molar refractivity (Wildman–Crippen MR) is 116 cm³/mol. The van der Waals surface area contributed by atoms with Gasteiger partial charge in [-0.1, -0.05) is 6.07 Å². The van der Waals surface area contributed by atoms with Crippen molar-refractivity contribution in [2.45, 2.75) is 30.6 Å². The van der Waals surface area contributed by atoms with Gasteiger partial charge in [-0.25, -0.2) is 18.2 Å². The quantitative estimate of drug-likeness (QED) is 0.608. The summed E-state index contributed by atoms with van der Waals surface area (Å²) in [6.45, 7) is 2.71. The molecule has 8 nitrogen and oxygen atoms in total. The Balaban J connectivity index is 1.66. The minimum absolute atomic E-state index is 0.0428. The Hall–Kier alpha value is -2.91. The van der Waals surface area contributed by atoms with Crippen molar-refractivity contribution in [2.75, 3.05) is 27.3 Å². The summed E-state index contributed by atoms with van der Waals surface area (Å²) in [6.07, 6.45) is 1.54. The molecule has 0 aliphatic carbocycles. The molecule has 1 fully saturated rings. The number of aromatic amines is 1. The third-order valence-corrected chi connectivity index (χ3v) is 7.52. The topological polar surface area (TPSA) is 102 Å². The van der Waals surface area contributed by atoms with Crippen molar-refractivity contribution in [3.05, 3.63) is 53.3 Å². The SMILES string of the molecule is COC(=O)c1ccc(OC)c(S(=O)(=O)N2CCCC(c3nc4ccc(C)cc4[nH]3)C2)c1. The van der Waals surface area contributed by atoms with E-state index in [2.05, 4.69) is 9.97 Å². The summed E-state index contributed by atoms with van der Waals surface area (Å²) in [5.41, 5.74) is 3.10. The highest BCUT2D eigenvalue weighted by Crippen LogP contribution is 2.33. The summed E-state index contributed by atoms with van der Waals surface area (Å²) in [6, 6.07) is 10.3. The van der Waals surface area contributed by atoms with Gasteiger partial charge in [0.25, 0.3) is 0 Å². The molecule has 1 atom stereocenters. The minimum Gasteiger partial charge on any atom is -0.495 e. The number of fused-ring (bicyclic) bond motifs is 1. The van der Waals surface area contributed by atoms with E-state index in [9.17, 15) is 13.2 Å². The molecule has 0 amide bonds. The van der Waals surface area contributed by atoms with Gasteiger partial charge in [-0.3, -0.25) is 0 Å². The summed E-state index contributed by atoms with van der Waals surface area (Å²) < 4.78 is 38.4. The molecule has 1 N–H and O–H groups in total. The smallest absolute Gasteiger partial charge is 0.337 e. The van der Waals surface area contributed by atoms with E-state index in [0.29, 0.717) is 19.5 Å². The second kappa shape index (κ2) is 8.32. The van der Waals surface area contributed by atoms with E-state index in [1.165, 1.54) is 36.7 Å². The zero-order valence-corrected chi connectivity index (χ0v) is 18.5. The molecule has 9 heteroatoms. The van der Waals surface area contributed by atoms with Gasteiger partial charge in [-0.05, 0) is 55.7 Å². The van der Waals surface area contributed by atoms with E-state index in [4.69, 9.17) is 9.47 Å². The predicted octanol–water partition coefficient (Wildman–Crippen LogP) is 3.23. The number of benzene rings is 2. The standard InChI is InChI=1S/C22H25N3O5S/c1-14-6-8-17-18(11-14)24-21(23-17)16-5-4-10-25(13-16)31(27,28)20-12-15(22(26)30-3)7-9-19(20)29-2/h6-9,11-12,16H,4-5,10,13H2,1-3H3,(H,23,24). The Kier molecular flexibility index (Phi) is 5.72. The molecule has 2 heterocycles. The van der Waals surface area contributed by atoms with Crippen LogP contribution >= 0.6 is 0 Å². The van der Waals surface area contributed by atoms with Crippen molar-refractivity contribution in [2.24, 2.45) is 0 Å². The molecular weight excluding hydrogens is 418 g/mol. The van der Waals surface area contributed by atoms with Crippen molar-refractivity contribution in [3.8, 4) is 5.75 Å². The molecule has 0 saturated carbocycles. The number of methoxy groups -OCH3 is 2. The molecule has 164 valence electrons. The molecule has 31 heavy (non-hydrogen) atoms. The van der Waals surface area contributed by atoms with Crippen LogP contribution < -0.4 is 4.74 Å². The average Bonchev–Trinajstić information content (AvgIpc) is 3.21. The van der Waals surface area contributed by atoms with Crippen LogP contribution in [-0.2, 0) is 14.8 Å². The van der Waals surface area contributed by atoms with E-state index in [-0.39, 0.29) is 22.1 Å². The maximum Gasteiger partial charge on any atom is 0.337 e. The summed E-state index contributed by atoms with van der Waals surface area (Å²) in [7, 11) is -1.23.